The van der Waals surface area contributed by atoms with Crippen LogP contribution in [0.2, 0.25) is 0 Å². The van der Waals surface area contributed by atoms with Gasteiger partial charge in [-0.15, -0.1) is 5.56 Å². The van der Waals surface area contributed by atoms with Crippen molar-refractivity contribution in [3.63, 3.8) is 0 Å². The van der Waals surface area contributed by atoms with Gasteiger partial charge in [-0.1, -0.05) is 129 Å². The van der Waals surface area contributed by atoms with Gasteiger partial charge in [0.05, 0.1) is 0 Å². The van der Waals surface area contributed by atoms with Gasteiger partial charge < -0.3 is 0 Å². The van der Waals surface area contributed by atoms with Crippen molar-refractivity contribution in [2.45, 2.75) is 99.8 Å². The summed E-state index contributed by atoms with van der Waals surface area (Å²) in [5, 5.41) is 2.69. The summed E-state index contributed by atoms with van der Waals surface area (Å²) < 4.78 is 2.23. The van der Waals surface area contributed by atoms with Crippen molar-refractivity contribution >= 4 is 14.5 Å². The first-order chi connectivity index (χ1) is 21.0. The standard InChI is InChI=1S/C21H25.C12H19.C11H8.Zr/c1-20(2,3)16-9-7-14-11-15-8-10-17(21(4,5)6)13-19(15)18(14)12-16;1-6-10-7-9(2)8-11(10)12(3,4)5;1-9-5-4-7-10-6-2-3-8-11(9)10;/h7,9-10,12-13H,11H2,1-6H3;8-9H,6H2,1-5H3;1-8H;/q2*-1;;+2. The van der Waals surface area contributed by atoms with E-state index >= 15 is 0 Å². The van der Waals surface area contributed by atoms with Crippen LogP contribution in [0.4, 0.5) is 0 Å². The Kier molecular flexibility index (Phi) is 11.0. The fraction of sp³-hybridized carbons (Fsp3) is 0.386. The van der Waals surface area contributed by atoms with E-state index in [4.69, 9.17) is 0 Å². The van der Waals surface area contributed by atoms with Crippen molar-refractivity contribution in [3.8, 4) is 11.1 Å². The maximum absolute atomic E-state index is 3.53. The first-order valence-corrected chi connectivity index (χ1v) is 18.0. The minimum absolute atomic E-state index is 0.177. The van der Waals surface area contributed by atoms with Crippen LogP contribution in [0.5, 0.6) is 0 Å². The van der Waals surface area contributed by atoms with Crippen LogP contribution in [-0.4, -0.2) is 3.71 Å². The Morgan fingerprint density at radius 1 is 0.778 bits per heavy atom. The monoisotopic (exact) mass is 670 g/mol. The molecule has 0 bridgehead atoms. The minimum atomic E-state index is 0.177. The fourth-order valence-corrected chi connectivity index (χ4v) is 6.72. The van der Waals surface area contributed by atoms with E-state index in [1.54, 1.807) is 0 Å². The molecule has 0 spiro atoms. The van der Waals surface area contributed by atoms with Crippen LogP contribution in [-0.2, 0) is 41.5 Å². The molecule has 0 fully saturated rings. The zero-order valence-electron chi connectivity index (χ0n) is 29.6. The molecule has 0 aliphatic heterocycles. The van der Waals surface area contributed by atoms with E-state index in [-0.39, 0.29) is 10.8 Å². The third-order valence-electron chi connectivity index (χ3n) is 8.81. The molecule has 0 saturated heterocycles. The molecule has 0 heterocycles. The molecule has 0 aromatic heterocycles. The average Bonchev–Trinajstić information content (AvgIpc) is 3.56. The van der Waals surface area contributed by atoms with E-state index in [2.05, 4.69) is 171 Å². The molecule has 232 valence electrons. The maximum atomic E-state index is 3.53. The molecule has 0 radical (unpaired) electrons. The molecule has 0 N–H and O–H groups in total. The van der Waals surface area contributed by atoms with Crippen molar-refractivity contribution in [3.05, 3.63) is 130 Å². The molecule has 2 aliphatic rings. The summed E-state index contributed by atoms with van der Waals surface area (Å²) in [6.45, 7) is 24.9. The summed E-state index contributed by atoms with van der Waals surface area (Å²) in [5.41, 5.74) is 13.3. The number of hydrogen-bond acceptors (Lipinski definition) is 0. The summed E-state index contributed by atoms with van der Waals surface area (Å²) in [4.78, 5) is 0. The second-order valence-corrected chi connectivity index (χ2v) is 16.3. The summed E-state index contributed by atoms with van der Waals surface area (Å²) in [6, 6.07) is 30.0. The summed E-state index contributed by atoms with van der Waals surface area (Å²) in [5.74, 6) is 0.522. The Hall–Kier alpha value is -2.63. The van der Waals surface area contributed by atoms with Crippen LogP contribution in [0.3, 0.4) is 0 Å². The summed E-state index contributed by atoms with van der Waals surface area (Å²) in [6.07, 6.45) is 7.98. The average molecular weight is 672 g/mol. The number of allylic oxidation sites excluding steroid dienone is 4. The molecule has 45 heavy (non-hydrogen) atoms. The molecular weight excluding hydrogens is 620 g/mol. The quantitative estimate of drug-likeness (QED) is 0.164. The Labute approximate surface area is 289 Å². The van der Waals surface area contributed by atoms with E-state index in [9.17, 15) is 0 Å². The Morgan fingerprint density at radius 3 is 2.02 bits per heavy atom. The predicted octanol–water partition coefficient (Wildman–Crippen LogP) is 11.9. The first-order valence-electron chi connectivity index (χ1n) is 16.5. The van der Waals surface area contributed by atoms with Crippen LogP contribution in [0.25, 0.3) is 21.9 Å². The van der Waals surface area contributed by atoms with Gasteiger partial charge in [0.2, 0.25) is 0 Å². The van der Waals surface area contributed by atoms with Crippen molar-refractivity contribution in [2.24, 2.45) is 11.3 Å². The van der Waals surface area contributed by atoms with E-state index in [1.165, 1.54) is 85.1 Å². The van der Waals surface area contributed by atoms with E-state index in [0.717, 1.165) is 12.8 Å². The van der Waals surface area contributed by atoms with Gasteiger partial charge >= 0.3 is 86.7 Å². The second kappa shape index (κ2) is 14.0. The number of fused-ring (bicyclic) bond motifs is 4. The summed E-state index contributed by atoms with van der Waals surface area (Å²) in [7, 11) is 0. The molecule has 1 unspecified atom stereocenters. The van der Waals surface area contributed by atoms with Gasteiger partial charge in [0.1, 0.15) is 0 Å². The second-order valence-electron chi connectivity index (χ2n) is 15.6. The fourth-order valence-electron chi connectivity index (χ4n) is 6.10. The van der Waals surface area contributed by atoms with Crippen molar-refractivity contribution in [1.29, 1.82) is 0 Å². The van der Waals surface area contributed by atoms with Gasteiger partial charge in [0.25, 0.3) is 0 Å². The van der Waals surface area contributed by atoms with E-state index in [0.29, 0.717) is 11.3 Å². The van der Waals surface area contributed by atoms with Crippen LogP contribution < -0.4 is 0 Å². The topological polar surface area (TPSA) is 0 Å². The number of benzene rings is 4. The van der Waals surface area contributed by atoms with Gasteiger partial charge in [0, 0.05) is 0 Å². The summed E-state index contributed by atoms with van der Waals surface area (Å²) >= 11 is 1.46. The molecule has 0 saturated carbocycles. The van der Waals surface area contributed by atoms with Crippen molar-refractivity contribution in [2.75, 3.05) is 0 Å². The van der Waals surface area contributed by atoms with Crippen LogP contribution >= 0.6 is 0 Å². The number of rotatable bonds is 2. The Bertz CT molecular complexity index is 1660. The van der Waals surface area contributed by atoms with E-state index < -0.39 is 0 Å². The predicted molar refractivity (Wildman–Crippen MR) is 194 cm³/mol. The third-order valence-corrected chi connectivity index (χ3v) is 9.57. The first kappa shape index (κ1) is 35.2. The van der Waals surface area contributed by atoms with E-state index in [1.807, 2.05) is 0 Å². The molecule has 4 aromatic rings. The van der Waals surface area contributed by atoms with Crippen LogP contribution in [0, 0.1) is 23.5 Å². The molecule has 1 atom stereocenters. The van der Waals surface area contributed by atoms with Crippen molar-refractivity contribution in [1.82, 2.24) is 0 Å². The zero-order chi connectivity index (χ0) is 33.2. The number of hydrogen-bond donors (Lipinski definition) is 0. The Morgan fingerprint density at radius 2 is 1.42 bits per heavy atom. The normalized spacial score (nSPS) is 15.6. The molecule has 0 nitrogen and oxygen atoms in total. The molecule has 0 amide bonds. The molecular formula is C44H52Zr. The van der Waals surface area contributed by atoms with Crippen molar-refractivity contribution < 1.29 is 24.2 Å². The van der Waals surface area contributed by atoms with Crippen LogP contribution in [0.15, 0.2) is 90.0 Å². The molecule has 4 aromatic carbocycles. The van der Waals surface area contributed by atoms with Gasteiger partial charge in [-0.3, -0.25) is 6.08 Å². The molecule has 1 heteroatoms. The van der Waals surface area contributed by atoms with Gasteiger partial charge in [-0.25, -0.2) is 5.57 Å². The molecule has 2 aliphatic carbocycles. The Balaban J connectivity index is 0.000000165. The van der Waals surface area contributed by atoms with Crippen LogP contribution in [0.1, 0.15) is 110 Å². The van der Waals surface area contributed by atoms with Gasteiger partial charge in [0.15, 0.2) is 0 Å². The third kappa shape index (κ3) is 8.60. The van der Waals surface area contributed by atoms with Gasteiger partial charge in [-0.05, 0) is 17.4 Å². The van der Waals surface area contributed by atoms with Gasteiger partial charge in [-0.2, -0.15) is 41.0 Å². The molecule has 6 rings (SSSR count). The SMILES string of the molecule is CC(C)(C)c1c[c-]c2c(c1)-c1cc(C(C)(C)C)ccc1C2.CCC1=[C-]C(C)C=C1C(C)(C)C.[Zr+2]=[CH]c1cccc2ccccc12. The zero-order valence-corrected chi connectivity index (χ0v) is 32.0.